The third-order valence-electron chi connectivity index (χ3n) is 1.98. The van der Waals surface area contributed by atoms with Crippen molar-refractivity contribution in [2.24, 2.45) is 0 Å². The summed E-state index contributed by atoms with van der Waals surface area (Å²) in [5, 5.41) is 8.52. The van der Waals surface area contributed by atoms with Gasteiger partial charge in [-0.05, 0) is 18.2 Å². The predicted molar refractivity (Wildman–Crippen MR) is 54.6 cm³/mol. The summed E-state index contributed by atoms with van der Waals surface area (Å²) in [4.78, 5) is 5.30. The van der Waals surface area contributed by atoms with Gasteiger partial charge < -0.3 is 9.94 Å². The number of hydrogen-bond donors (Lipinski definition) is 2. The van der Waals surface area contributed by atoms with Crippen LogP contribution in [0.15, 0.2) is 42.3 Å². The Bertz CT molecular complexity index is 383. The van der Waals surface area contributed by atoms with E-state index in [4.69, 9.17) is 9.94 Å². The Labute approximate surface area is 82.3 Å². The molecule has 0 spiro atoms. The van der Waals surface area contributed by atoms with Gasteiger partial charge in [0, 0.05) is 12.0 Å². The molecule has 0 aliphatic carbocycles. The molecule has 1 aliphatic rings. The molecule has 0 radical (unpaired) electrons. The van der Waals surface area contributed by atoms with Crippen LogP contribution in [0.5, 0.6) is 5.75 Å². The smallest absolute Gasteiger partial charge is 0.162 e. The fraction of sp³-hybridized carbons (Fsp3) is 0.0909. The van der Waals surface area contributed by atoms with Crippen LogP contribution in [0.4, 0.5) is 0 Å². The molecule has 0 amide bonds. The summed E-state index contributed by atoms with van der Waals surface area (Å²) in [7, 11) is 0. The number of rotatable bonds is 2. The van der Waals surface area contributed by atoms with Crippen LogP contribution in [0.2, 0.25) is 0 Å². The zero-order chi connectivity index (χ0) is 9.80. The van der Waals surface area contributed by atoms with E-state index >= 15 is 0 Å². The topological polar surface area (TPSA) is 41.5 Å². The summed E-state index contributed by atoms with van der Waals surface area (Å²) in [5.74, 6) is 0.823. The monoisotopic (exact) mass is 189 g/mol. The normalized spacial score (nSPS) is 14.1. The second kappa shape index (κ2) is 3.87. The molecule has 3 nitrogen and oxygen atoms in total. The standard InChI is InChI=1S/C11H11NO2/c13-7-3-5-10-8-9-4-1-2-6-11(9)14-12-10/h1-4,6-8,12-13H,5H2. The van der Waals surface area contributed by atoms with Crippen molar-refractivity contribution in [1.29, 1.82) is 0 Å². The summed E-state index contributed by atoms with van der Waals surface area (Å²) < 4.78 is 0. The van der Waals surface area contributed by atoms with Crippen molar-refractivity contribution < 1.29 is 9.94 Å². The molecule has 0 saturated carbocycles. The van der Waals surface area contributed by atoms with Crippen molar-refractivity contribution in [3.8, 4) is 5.75 Å². The van der Waals surface area contributed by atoms with Crippen LogP contribution in [0.1, 0.15) is 12.0 Å². The molecule has 2 N–H and O–H groups in total. The van der Waals surface area contributed by atoms with Crippen LogP contribution in [-0.4, -0.2) is 5.11 Å². The Morgan fingerprint density at radius 2 is 2.21 bits per heavy atom. The third-order valence-corrected chi connectivity index (χ3v) is 1.98. The van der Waals surface area contributed by atoms with Crippen LogP contribution >= 0.6 is 0 Å². The predicted octanol–water partition coefficient (Wildman–Crippen LogP) is 2.39. The first kappa shape index (κ1) is 8.69. The van der Waals surface area contributed by atoms with E-state index in [1.165, 1.54) is 0 Å². The number of hydrogen-bond acceptors (Lipinski definition) is 3. The maximum atomic E-state index is 8.52. The van der Waals surface area contributed by atoms with Crippen molar-refractivity contribution in [2.45, 2.75) is 6.42 Å². The second-order valence-electron chi connectivity index (χ2n) is 3.00. The summed E-state index contributed by atoms with van der Waals surface area (Å²) in [6, 6.07) is 7.77. The highest BCUT2D eigenvalue weighted by molar-refractivity contribution is 5.61. The lowest BCUT2D eigenvalue weighted by molar-refractivity contribution is 0.223. The van der Waals surface area contributed by atoms with E-state index in [0.717, 1.165) is 23.3 Å². The zero-order valence-electron chi connectivity index (χ0n) is 7.60. The lowest BCUT2D eigenvalue weighted by Crippen LogP contribution is -2.21. The molecule has 0 aromatic heterocycles. The molecule has 72 valence electrons. The highest BCUT2D eigenvalue weighted by Crippen LogP contribution is 2.24. The summed E-state index contributed by atoms with van der Waals surface area (Å²) in [6.45, 7) is 0. The average Bonchev–Trinajstić information content (AvgIpc) is 2.26. The van der Waals surface area contributed by atoms with Gasteiger partial charge in [0.05, 0.1) is 12.0 Å². The van der Waals surface area contributed by atoms with Gasteiger partial charge in [-0.25, -0.2) is 5.48 Å². The van der Waals surface area contributed by atoms with Crippen molar-refractivity contribution >= 4 is 6.08 Å². The van der Waals surface area contributed by atoms with Crippen molar-refractivity contribution in [2.75, 3.05) is 0 Å². The van der Waals surface area contributed by atoms with Crippen LogP contribution in [0.25, 0.3) is 6.08 Å². The Hall–Kier alpha value is -1.90. The number of benzene rings is 1. The van der Waals surface area contributed by atoms with E-state index in [9.17, 15) is 0 Å². The van der Waals surface area contributed by atoms with Gasteiger partial charge in [-0.15, -0.1) is 0 Å². The lowest BCUT2D eigenvalue weighted by atomic mass is 10.1. The summed E-state index contributed by atoms with van der Waals surface area (Å²) in [6.07, 6.45) is 5.31. The Morgan fingerprint density at radius 3 is 3.07 bits per heavy atom. The minimum absolute atomic E-state index is 0.630. The molecule has 1 heterocycles. The van der Waals surface area contributed by atoms with E-state index in [-0.39, 0.29) is 0 Å². The summed E-state index contributed by atoms with van der Waals surface area (Å²) in [5.41, 5.74) is 4.78. The molecule has 0 unspecified atom stereocenters. The highest BCUT2D eigenvalue weighted by atomic mass is 16.6. The van der Waals surface area contributed by atoms with Crippen molar-refractivity contribution in [3.63, 3.8) is 0 Å². The molecular weight excluding hydrogens is 178 g/mol. The fourth-order valence-corrected chi connectivity index (χ4v) is 1.31. The lowest BCUT2D eigenvalue weighted by Gasteiger charge is -2.17. The van der Waals surface area contributed by atoms with E-state index in [1.54, 1.807) is 6.08 Å². The van der Waals surface area contributed by atoms with Crippen LogP contribution in [0.3, 0.4) is 0 Å². The molecule has 0 atom stereocenters. The van der Waals surface area contributed by atoms with Gasteiger partial charge in [0.15, 0.2) is 5.75 Å². The molecule has 14 heavy (non-hydrogen) atoms. The number of hydroxylamine groups is 1. The Kier molecular flexibility index (Phi) is 2.40. The molecule has 0 bridgehead atoms. The second-order valence-corrected chi connectivity index (χ2v) is 3.00. The Balaban J connectivity index is 2.22. The number of aliphatic hydroxyl groups is 1. The van der Waals surface area contributed by atoms with Crippen LogP contribution in [-0.2, 0) is 0 Å². The quantitative estimate of drug-likeness (QED) is 0.702. The van der Waals surface area contributed by atoms with Crippen molar-refractivity contribution in [1.82, 2.24) is 5.48 Å². The number of aliphatic hydroxyl groups excluding tert-OH is 1. The zero-order valence-corrected chi connectivity index (χ0v) is 7.60. The largest absolute Gasteiger partial charge is 0.516 e. The van der Waals surface area contributed by atoms with Gasteiger partial charge in [0.2, 0.25) is 0 Å². The van der Waals surface area contributed by atoms with E-state index in [2.05, 4.69) is 5.48 Å². The first-order valence-electron chi connectivity index (χ1n) is 4.42. The van der Waals surface area contributed by atoms with Gasteiger partial charge in [0.25, 0.3) is 0 Å². The Morgan fingerprint density at radius 1 is 1.36 bits per heavy atom. The van der Waals surface area contributed by atoms with Gasteiger partial charge in [0.1, 0.15) is 0 Å². The minimum Gasteiger partial charge on any atom is -0.516 e. The van der Waals surface area contributed by atoms with E-state index < -0.39 is 0 Å². The van der Waals surface area contributed by atoms with Gasteiger partial charge in [-0.3, -0.25) is 0 Å². The molecule has 0 saturated heterocycles. The molecule has 3 heteroatoms. The summed E-state index contributed by atoms with van der Waals surface area (Å²) >= 11 is 0. The number of nitrogens with one attached hydrogen (secondary N) is 1. The molecule has 1 aromatic carbocycles. The van der Waals surface area contributed by atoms with Crippen molar-refractivity contribution in [3.05, 3.63) is 47.9 Å². The third kappa shape index (κ3) is 1.71. The molecule has 0 fully saturated rings. The molecule has 1 aromatic rings. The van der Waals surface area contributed by atoms with Crippen LogP contribution in [0, 0.1) is 0 Å². The first-order valence-corrected chi connectivity index (χ1v) is 4.42. The molecular formula is C11H11NO2. The number of fused-ring (bicyclic) bond motifs is 1. The van der Waals surface area contributed by atoms with Gasteiger partial charge in [-0.2, -0.15) is 0 Å². The van der Waals surface area contributed by atoms with Crippen LogP contribution < -0.4 is 10.3 Å². The highest BCUT2D eigenvalue weighted by Gasteiger charge is 2.08. The average molecular weight is 189 g/mol. The molecule has 1 aliphatic heterocycles. The number of para-hydroxylation sites is 1. The maximum Gasteiger partial charge on any atom is 0.162 e. The van der Waals surface area contributed by atoms with E-state index in [0.29, 0.717) is 6.42 Å². The van der Waals surface area contributed by atoms with E-state index in [1.807, 2.05) is 30.3 Å². The number of allylic oxidation sites excluding steroid dienone is 1. The fourth-order valence-electron chi connectivity index (χ4n) is 1.31. The van der Waals surface area contributed by atoms with Gasteiger partial charge >= 0.3 is 0 Å². The van der Waals surface area contributed by atoms with Gasteiger partial charge in [-0.1, -0.05) is 18.2 Å². The maximum absolute atomic E-state index is 8.52. The minimum atomic E-state index is 0.630. The first-order chi connectivity index (χ1) is 6.90. The molecule has 2 rings (SSSR count). The SMILES string of the molecule is OC=CCC1=Cc2ccccc2ON1.